The third-order valence-electron chi connectivity index (χ3n) is 4.26. The smallest absolute Gasteiger partial charge is 0.344 e. The zero-order valence-corrected chi connectivity index (χ0v) is 17.8. The van der Waals surface area contributed by atoms with E-state index in [2.05, 4.69) is 37.2 Å². The predicted molar refractivity (Wildman–Crippen MR) is 108 cm³/mol. The van der Waals surface area contributed by atoms with Gasteiger partial charge in [-0.05, 0) is 81.1 Å². The van der Waals surface area contributed by atoms with E-state index in [9.17, 15) is 9.59 Å². The second kappa shape index (κ2) is 7.90. The number of amides is 1. The van der Waals surface area contributed by atoms with E-state index in [4.69, 9.17) is 14.6 Å². The van der Waals surface area contributed by atoms with Gasteiger partial charge in [-0.2, -0.15) is 0 Å². The number of carbonyl (C=O) groups is 2. The van der Waals surface area contributed by atoms with Gasteiger partial charge in [-0.3, -0.25) is 4.79 Å². The molecule has 2 unspecified atom stereocenters. The van der Waals surface area contributed by atoms with Gasteiger partial charge >= 0.3 is 5.97 Å². The molecule has 1 aliphatic rings. The lowest BCUT2D eigenvalue weighted by molar-refractivity contribution is -0.145. The number of benzene rings is 2. The Kier molecular flexibility index (Phi) is 5.76. The molecule has 1 aliphatic heterocycles. The van der Waals surface area contributed by atoms with Crippen LogP contribution in [0.2, 0.25) is 0 Å². The zero-order chi connectivity index (χ0) is 19.7. The summed E-state index contributed by atoms with van der Waals surface area (Å²) in [5.74, 6) is 0.246. The summed E-state index contributed by atoms with van der Waals surface area (Å²) in [4.78, 5) is 22.9. The molecule has 2 N–H and O–H groups in total. The molecule has 0 aromatic heterocycles. The second-order valence-corrected chi connectivity index (χ2v) is 7.84. The first-order valence-corrected chi connectivity index (χ1v) is 9.90. The van der Waals surface area contributed by atoms with Crippen LogP contribution in [0.15, 0.2) is 39.3 Å². The van der Waals surface area contributed by atoms with Crippen LogP contribution in [0.4, 0.5) is 5.69 Å². The Bertz CT molecular complexity index is 892. The third kappa shape index (κ3) is 4.11. The molecule has 2 aromatic carbocycles. The highest BCUT2D eigenvalue weighted by molar-refractivity contribution is 9.11. The largest absolute Gasteiger partial charge is 0.479 e. The van der Waals surface area contributed by atoms with Crippen LogP contribution in [0.5, 0.6) is 17.2 Å². The van der Waals surface area contributed by atoms with Crippen LogP contribution in [0.25, 0.3) is 0 Å². The quantitative estimate of drug-likeness (QED) is 0.564. The molecule has 27 heavy (non-hydrogen) atoms. The fourth-order valence-electron chi connectivity index (χ4n) is 2.75. The van der Waals surface area contributed by atoms with Crippen molar-refractivity contribution < 1.29 is 24.2 Å². The van der Waals surface area contributed by atoms with Gasteiger partial charge < -0.3 is 19.9 Å². The molecule has 2 atom stereocenters. The van der Waals surface area contributed by atoms with Crippen LogP contribution in [-0.2, 0) is 9.59 Å². The summed E-state index contributed by atoms with van der Waals surface area (Å²) in [6, 6.07) is 8.74. The Morgan fingerprint density at radius 2 is 1.89 bits per heavy atom. The molecule has 0 bridgehead atoms. The van der Waals surface area contributed by atoms with E-state index in [1.807, 2.05) is 19.1 Å². The first-order valence-electron chi connectivity index (χ1n) is 8.31. The number of hydrogen-bond acceptors (Lipinski definition) is 4. The van der Waals surface area contributed by atoms with Crippen LogP contribution < -0.4 is 14.8 Å². The molecule has 8 heteroatoms. The molecule has 1 heterocycles. The van der Waals surface area contributed by atoms with Crippen molar-refractivity contribution in [3.8, 4) is 17.2 Å². The van der Waals surface area contributed by atoms with Crippen molar-refractivity contribution in [3.05, 3.63) is 44.8 Å². The number of carboxylic acid groups (broad SMARTS) is 1. The normalized spacial score (nSPS) is 16.4. The topological polar surface area (TPSA) is 84.9 Å². The number of fused-ring (bicyclic) bond motifs is 1. The van der Waals surface area contributed by atoms with Crippen molar-refractivity contribution in [1.29, 1.82) is 0 Å². The van der Waals surface area contributed by atoms with E-state index in [1.165, 1.54) is 0 Å². The number of ether oxygens (including phenoxy) is 2. The first kappa shape index (κ1) is 19.7. The SMILES string of the molecule is CCC(Oc1cc(Br)c(Oc2ccc3c(c2)C(C)C(=O)N3)c(Br)c1)C(=O)O. The maximum atomic E-state index is 11.8. The minimum atomic E-state index is -1.01. The van der Waals surface area contributed by atoms with Gasteiger partial charge in [0.05, 0.1) is 14.9 Å². The summed E-state index contributed by atoms with van der Waals surface area (Å²) in [5, 5.41) is 12.0. The van der Waals surface area contributed by atoms with Crippen LogP contribution in [-0.4, -0.2) is 23.1 Å². The monoisotopic (exact) mass is 497 g/mol. The minimum absolute atomic E-state index is 0.0325. The van der Waals surface area contributed by atoms with Crippen LogP contribution in [0.1, 0.15) is 31.7 Å². The fraction of sp³-hybridized carbons (Fsp3) is 0.263. The molecule has 0 radical (unpaired) electrons. The molecule has 0 spiro atoms. The van der Waals surface area contributed by atoms with E-state index in [0.29, 0.717) is 32.6 Å². The molecule has 3 rings (SSSR count). The highest BCUT2D eigenvalue weighted by atomic mass is 79.9. The predicted octanol–water partition coefficient (Wildman–Crippen LogP) is 5.30. The summed E-state index contributed by atoms with van der Waals surface area (Å²) in [6.07, 6.45) is -0.568. The Morgan fingerprint density at radius 3 is 2.48 bits per heavy atom. The average Bonchev–Trinajstić information content (AvgIpc) is 2.90. The van der Waals surface area contributed by atoms with Gasteiger partial charge in [-0.1, -0.05) is 6.92 Å². The van der Waals surface area contributed by atoms with Gasteiger partial charge in [-0.15, -0.1) is 0 Å². The maximum Gasteiger partial charge on any atom is 0.344 e. The lowest BCUT2D eigenvalue weighted by Gasteiger charge is -2.16. The highest BCUT2D eigenvalue weighted by Gasteiger charge is 2.27. The average molecular weight is 499 g/mol. The van der Waals surface area contributed by atoms with Crippen LogP contribution in [0.3, 0.4) is 0 Å². The number of halogens is 2. The van der Waals surface area contributed by atoms with Crippen LogP contribution >= 0.6 is 31.9 Å². The number of nitrogens with one attached hydrogen (secondary N) is 1. The molecule has 1 amide bonds. The van der Waals surface area contributed by atoms with Crippen molar-refractivity contribution in [2.75, 3.05) is 5.32 Å². The van der Waals surface area contributed by atoms with Gasteiger partial charge in [0.25, 0.3) is 0 Å². The number of carboxylic acids is 1. The lowest BCUT2D eigenvalue weighted by Crippen LogP contribution is -2.25. The third-order valence-corrected chi connectivity index (χ3v) is 5.44. The van der Waals surface area contributed by atoms with Crippen molar-refractivity contribution in [3.63, 3.8) is 0 Å². The lowest BCUT2D eigenvalue weighted by atomic mass is 10.0. The second-order valence-electron chi connectivity index (χ2n) is 6.13. The Labute approximate surface area is 173 Å². The summed E-state index contributed by atoms with van der Waals surface area (Å²) < 4.78 is 12.7. The van der Waals surface area contributed by atoms with Gasteiger partial charge in [0.2, 0.25) is 5.91 Å². The number of hydrogen-bond donors (Lipinski definition) is 2. The number of aliphatic carboxylic acids is 1. The summed E-state index contributed by atoms with van der Waals surface area (Å²) in [6.45, 7) is 3.59. The van der Waals surface area contributed by atoms with E-state index in [1.54, 1.807) is 25.1 Å². The molecule has 6 nitrogen and oxygen atoms in total. The molecular formula is C19H17Br2NO5. The van der Waals surface area contributed by atoms with Gasteiger partial charge in [0, 0.05) is 5.69 Å². The zero-order valence-electron chi connectivity index (χ0n) is 14.6. The molecule has 2 aromatic rings. The highest BCUT2D eigenvalue weighted by Crippen LogP contribution is 2.42. The van der Waals surface area contributed by atoms with Gasteiger partial charge in [-0.25, -0.2) is 4.79 Å². The van der Waals surface area contributed by atoms with E-state index < -0.39 is 12.1 Å². The van der Waals surface area contributed by atoms with Gasteiger partial charge in [0.15, 0.2) is 11.9 Å². The minimum Gasteiger partial charge on any atom is -0.479 e. The van der Waals surface area contributed by atoms with E-state index >= 15 is 0 Å². The standard InChI is InChI=1S/C19H17Br2NO5/c1-3-16(19(24)25)26-11-7-13(20)17(14(21)8-11)27-10-4-5-15-12(6-10)9(2)18(23)22-15/h4-9,16H,3H2,1-2H3,(H,22,23)(H,24,25). The maximum absolute atomic E-state index is 11.8. The molecule has 0 saturated heterocycles. The fourth-order valence-corrected chi connectivity index (χ4v) is 4.06. The van der Waals surface area contributed by atoms with E-state index in [0.717, 1.165) is 11.3 Å². The van der Waals surface area contributed by atoms with Crippen molar-refractivity contribution >= 4 is 49.4 Å². The first-order chi connectivity index (χ1) is 12.8. The summed E-state index contributed by atoms with van der Waals surface area (Å²) in [5.41, 5.74) is 1.68. The van der Waals surface area contributed by atoms with Crippen molar-refractivity contribution in [2.24, 2.45) is 0 Å². The molecule has 0 saturated carbocycles. The number of carbonyl (C=O) groups excluding carboxylic acids is 1. The van der Waals surface area contributed by atoms with Crippen molar-refractivity contribution in [1.82, 2.24) is 0 Å². The number of rotatable bonds is 6. The number of anilines is 1. The molecular weight excluding hydrogens is 482 g/mol. The van der Waals surface area contributed by atoms with Crippen LogP contribution in [0, 0.1) is 0 Å². The molecule has 0 aliphatic carbocycles. The molecule has 142 valence electrons. The van der Waals surface area contributed by atoms with E-state index in [-0.39, 0.29) is 11.8 Å². The molecule has 0 fully saturated rings. The Morgan fingerprint density at radius 1 is 1.22 bits per heavy atom. The van der Waals surface area contributed by atoms with Gasteiger partial charge in [0.1, 0.15) is 11.5 Å². The summed E-state index contributed by atoms with van der Waals surface area (Å²) >= 11 is 6.88. The Hall–Kier alpha value is -2.06. The van der Waals surface area contributed by atoms with Crippen molar-refractivity contribution in [2.45, 2.75) is 32.3 Å². The Balaban J connectivity index is 1.84. The summed E-state index contributed by atoms with van der Waals surface area (Å²) in [7, 11) is 0.